The molecule has 3 aromatic rings. The standard InChI is InChI=1S/C27H40N4O5S/c1-6-19-11-20(9-18(5)25(19)35-16-22(34)12-28-21(14-32)15-33)26-29-27(36-30-26)23-10-17(4)24(37-23)13-31(7-2)8-3/h9-11,21-22,28,32-34H,6-8,12-16H2,1-5H3. The van der Waals surface area contributed by atoms with Crippen molar-refractivity contribution in [3.63, 3.8) is 0 Å². The molecule has 0 spiro atoms. The Morgan fingerprint density at radius 2 is 1.81 bits per heavy atom. The van der Waals surface area contributed by atoms with Gasteiger partial charge in [-0.15, -0.1) is 11.3 Å². The van der Waals surface area contributed by atoms with Gasteiger partial charge in [0, 0.05) is 23.5 Å². The lowest BCUT2D eigenvalue weighted by Crippen LogP contribution is -2.42. The van der Waals surface area contributed by atoms with Gasteiger partial charge in [0.1, 0.15) is 18.5 Å². The third-order valence-electron chi connectivity index (χ3n) is 6.41. The number of nitrogens with zero attached hydrogens (tertiary/aromatic N) is 3. The van der Waals surface area contributed by atoms with E-state index in [1.165, 1.54) is 10.4 Å². The Labute approximate surface area is 223 Å². The minimum atomic E-state index is -0.787. The summed E-state index contributed by atoms with van der Waals surface area (Å²) >= 11 is 1.70. The first kappa shape index (κ1) is 29.2. The third kappa shape index (κ3) is 7.59. The van der Waals surface area contributed by atoms with Crippen LogP contribution in [0, 0.1) is 13.8 Å². The van der Waals surface area contributed by atoms with Gasteiger partial charge in [-0.25, -0.2) is 0 Å². The van der Waals surface area contributed by atoms with Crippen LogP contribution in [0.4, 0.5) is 0 Å². The monoisotopic (exact) mass is 532 g/mol. The molecule has 0 fully saturated rings. The molecular formula is C27H40N4O5S. The van der Waals surface area contributed by atoms with Gasteiger partial charge in [0.15, 0.2) is 0 Å². The molecule has 204 valence electrons. The predicted octanol–water partition coefficient (Wildman–Crippen LogP) is 3.17. The molecule has 0 bridgehead atoms. The fourth-order valence-corrected chi connectivity index (χ4v) is 5.18. The molecule has 37 heavy (non-hydrogen) atoms. The van der Waals surface area contributed by atoms with Crippen LogP contribution in [-0.2, 0) is 13.0 Å². The highest BCUT2D eigenvalue weighted by atomic mass is 32.1. The van der Waals surface area contributed by atoms with Crippen LogP contribution >= 0.6 is 11.3 Å². The number of aromatic nitrogens is 2. The minimum Gasteiger partial charge on any atom is -0.490 e. The van der Waals surface area contributed by atoms with E-state index in [-0.39, 0.29) is 26.4 Å². The van der Waals surface area contributed by atoms with Gasteiger partial charge >= 0.3 is 0 Å². The summed E-state index contributed by atoms with van der Waals surface area (Å²) in [6.07, 6.45) is -0.0519. The van der Waals surface area contributed by atoms with Gasteiger partial charge in [-0.2, -0.15) is 4.98 Å². The molecule has 1 atom stereocenters. The topological polar surface area (TPSA) is 124 Å². The van der Waals surface area contributed by atoms with Crippen molar-refractivity contribution in [1.29, 1.82) is 0 Å². The molecule has 0 aliphatic carbocycles. The summed E-state index contributed by atoms with van der Waals surface area (Å²) in [7, 11) is 0. The summed E-state index contributed by atoms with van der Waals surface area (Å²) in [6, 6.07) is 5.62. The average molecular weight is 533 g/mol. The first-order valence-electron chi connectivity index (χ1n) is 12.9. The van der Waals surface area contributed by atoms with Crippen molar-refractivity contribution in [2.45, 2.75) is 59.7 Å². The zero-order chi connectivity index (χ0) is 26.9. The van der Waals surface area contributed by atoms with E-state index in [0.29, 0.717) is 11.7 Å². The summed E-state index contributed by atoms with van der Waals surface area (Å²) in [5.41, 5.74) is 3.98. The second-order valence-corrected chi connectivity index (χ2v) is 10.3. The molecule has 2 heterocycles. The van der Waals surface area contributed by atoms with Gasteiger partial charge < -0.3 is 29.9 Å². The summed E-state index contributed by atoms with van der Waals surface area (Å²) < 4.78 is 11.6. The van der Waals surface area contributed by atoms with Gasteiger partial charge in [-0.05, 0) is 68.2 Å². The first-order valence-corrected chi connectivity index (χ1v) is 13.7. The van der Waals surface area contributed by atoms with Crippen LogP contribution in [0.3, 0.4) is 0 Å². The average Bonchev–Trinajstić information content (AvgIpc) is 3.53. The number of nitrogens with one attached hydrogen (secondary N) is 1. The number of aliphatic hydroxyl groups is 3. The van der Waals surface area contributed by atoms with Gasteiger partial charge in [-0.3, -0.25) is 4.90 Å². The fourth-order valence-electron chi connectivity index (χ4n) is 4.05. The molecule has 2 aromatic heterocycles. The van der Waals surface area contributed by atoms with Gasteiger partial charge in [0.2, 0.25) is 5.82 Å². The van der Waals surface area contributed by atoms with Crippen LogP contribution in [-0.4, -0.2) is 82.0 Å². The zero-order valence-corrected chi connectivity index (χ0v) is 23.3. The molecule has 0 saturated carbocycles. The normalized spacial score (nSPS) is 12.6. The maximum atomic E-state index is 10.3. The fraction of sp³-hybridized carbons (Fsp3) is 0.556. The highest BCUT2D eigenvalue weighted by molar-refractivity contribution is 7.15. The van der Waals surface area contributed by atoms with Gasteiger partial charge in [0.25, 0.3) is 5.89 Å². The highest BCUT2D eigenvalue weighted by Crippen LogP contribution is 2.34. The number of hydrogen-bond acceptors (Lipinski definition) is 10. The summed E-state index contributed by atoms with van der Waals surface area (Å²) in [4.78, 5) is 9.36. The number of hydrogen-bond donors (Lipinski definition) is 4. The molecule has 9 nitrogen and oxygen atoms in total. The summed E-state index contributed by atoms with van der Waals surface area (Å²) in [5.74, 6) is 1.77. The lowest BCUT2D eigenvalue weighted by Gasteiger charge is -2.19. The summed E-state index contributed by atoms with van der Waals surface area (Å²) in [6.45, 7) is 13.3. The van der Waals surface area contributed by atoms with Crippen molar-refractivity contribution in [3.8, 4) is 27.9 Å². The highest BCUT2D eigenvalue weighted by Gasteiger charge is 2.19. The number of benzene rings is 1. The Hall–Kier alpha value is -2.34. The van der Waals surface area contributed by atoms with Crippen LogP contribution in [0.25, 0.3) is 22.2 Å². The van der Waals surface area contributed by atoms with E-state index in [2.05, 4.69) is 42.2 Å². The van der Waals surface area contributed by atoms with Gasteiger partial charge in [-0.1, -0.05) is 25.9 Å². The number of ether oxygens (including phenoxy) is 1. The Balaban J connectivity index is 1.73. The molecule has 10 heteroatoms. The van der Waals surface area contributed by atoms with Crippen molar-refractivity contribution in [1.82, 2.24) is 20.4 Å². The molecule has 0 aliphatic heterocycles. The van der Waals surface area contributed by atoms with Crippen LogP contribution in [0.5, 0.6) is 5.75 Å². The number of aryl methyl sites for hydroxylation is 3. The van der Waals surface area contributed by atoms with Crippen molar-refractivity contribution in [2.24, 2.45) is 0 Å². The number of rotatable bonds is 15. The minimum absolute atomic E-state index is 0.0870. The Morgan fingerprint density at radius 3 is 2.46 bits per heavy atom. The van der Waals surface area contributed by atoms with E-state index in [9.17, 15) is 5.11 Å². The van der Waals surface area contributed by atoms with E-state index in [1.54, 1.807) is 11.3 Å². The number of thiophene rings is 1. The van der Waals surface area contributed by atoms with E-state index in [1.807, 2.05) is 26.0 Å². The van der Waals surface area contributed by atoms with E-state index < -0.39 is 12.1 Å². The quantitative estimate of drug-likeness (QED) is 0.234. The van der Waals surface area contributed by atoms with Crippen LogP contribution in [0.2, 0.25) is 0 Å². The molecule has 0 saturated heterocycles. The largest absolute Gasteiger partial charge is 0.490 e. The second-order valence-electron chi connectivity index (χ2n) is 9.17. The molecule has 0 amide bonds. The van der Waals surface area contributed by atoms with Crippen LogP contribution in [0.1, 0.15) is 42.3 Å². The van der Waals surface area contributed by atoms with Crippen molar-refractivity contribution in [3.05, 3.63) is 39.8 Å². The smallest absolute Gasteiger partial charge is 0.268 e. The Kier molecular flexibility index (Phi) is 11.0. The molecule has 0 aliphatic rings. The molecule has 1 aromatic carbocycles. The zero-order valence-electron chi connectivity index (χ0n) is 22.5. The molecular weight excluding hydrogens is 492 g/mol. The maximum Gasteiger partial charge on any atom is 0.268 e. The number of aliphatic hydroxyl groups excluding tert-OH is 3. The van der Waals surface area contributed by atoms with E-state index in [0.717, 1.165) is 53.4 Å². The predicted molar refractivity (Wildman–Crippen MR) is 146 cm³/mol. The Morgan fingerprint density at radius 1 is 1.08 bits per heavy atom. The maximum absolute atomic E-state index is 10.3. The van der Waals surface area contributed by atoms with Crippen molar-refractivity contribution < 1.29 is 24.6 Å². The van der Waals surface area contributed by atoms with E-state index >= 15 is 0 Å². The molecule has 1 unspecified atom stereocenters. The van der Waals surface area contributed by atoms with Crippen LogP contribution < -0.4 is 10.1 Å². The van der Waals surface area contributed by atoms with Gasteiger partial charge in [0.05, 0.1) is 24.1 Å². The van der Waals surface area contributed by atoms with Crippen molar-refractivity contribution >= 4 is 11.3 Å². The third-order valence-corrected chi connectivity index (χ3v) is 7.62. The van der Waals surface area contributed by atoms with Crippen LogP contribution in [0.15, 0.2) is 22.7 Å². The van der Waals surface area contributed by atoms with E-state index in [4.69, 9.17) is 24.5 Å². The lowest BCUT2D eigenvalue weighted by atomic mass is 10.0. The van der Waals surface area contributed by atoms with Crippen molar-refractivity contribution in [2.75, 3.05) is 39.5 Å². The summed E-state index contributed by atoms with van der Waals surface area (Å²) in [5, 5.41) is 35.7. The Bertz CT molecular complexity index is 1120. The molecule has 0 radical (unpaired) electrons. The first-order chi connectivity index (χ1) is 17.8. The molecule has 4 N–H and O–H groups in total. The second kappa shape index (κ2) is 14.0. The molecule has 3 rings (SSSR count). The lowest BCUT2D eigenvalue weighted by molar-refractivity contribution is 0.0923. The SMILES string of the molecule is CCc1cc(-c2noc(-c3cc(C)c(CN(CC)CC)s3)n2)cc(C)c1OCC(O)CNC(CO)CO.